The van der Waals surface area contributed by atoms with Crippen LogP contribution in [-0.2, 0) is 0 Å². The molecule has 0 aliphatic carbocycles. The first-order chi connectivity index (χ1) is 12.9. The van der Waals surface area contributed by atoms with Gasteiger partial charge in [-0.2, -0.15) is 0 Å². The van der Waals surface area contributed by atoms with Crippen LogP contribution in [-0.4, -0.2) is 14.4 Å². The van der Waals surface area contributed by atoms with Crippen molar-refractivity contribution in [3.05, 3.63) is 67.3 Å². The fourth-order valence-electron chi connectivity index (χ4n) is 4.51. The van der Waals surface area contributed by atoms with E-state index in [4.69, 9.17) is 4.42 Å². The Labute approximate surface area is 146 Å². The molecule has 5 aromatic heterocycles. The van der Waals surface area contributed by atoms with Gasteiger partial charge in [-0.3, -0.25) is 9.97 Å². The lowest BCUT2D eigenvalue weighted by atomic mass is 10.0. The van der Waals surface area contributed by atoms with Gasteiger partial charge in [0.25, 0.3) is 0 Å². The molecule has 26 heavy (non-hydrogen) atoms. The van der Waals surface area contributed by atoms with E-state index in [0.29, 0.717) is 0 Å². The van der Waals surface area contributed by atoms with Crippen LogP contribution in [0.4, 0.5) is 0 Å². The fourth-order valence-corrected chi connectivity index (χ4v) is 4.51. The summed E-state index contributed by atoms with van der Waals surface area (Å²) in [5.41, 5.74) is 5.27. The van der Waals surface area contributed by atoms with Crippen LogP contribution in [0.5, 0.6) is 0 Å². The Morgan fingerprint density at radius 1 is 0.692 bits per heavy atom. The molecule has 0 fully saturated rings. The number of benzene rings is 2. The number of aromatic nitrogens is 3. The van der Waals surface area contributed by atoms with E-state index in [0.717, 1.165) is 27.6 Å². The third-order valence-electron chi connectivity index (χ3n) is 5.51. The van der Waals surface area contributed by atoms with Gasteiger partial charge < -0.3 is 8.82 Å². The van der Waals surface area contributed by atoms with E-state index >= 15 is 0 Å². The number of nitrogens with zero attached hydrogens (tertiary/aromatic N) is 3. The third-order valence-corrected chi connectivity index (χ3v) is 5.51. The molecule has 7 rings (SSSR count). The zero-order valence-electron chi connectivity index (χ0n) is 13.6. The average Bonchev–Trinajstić information content (AvgIpc) is 3.33. The summed E-state index contributed by atoms with van der Waals surface area (Å²) in [6, 6.07) is 14.6. The van der Waals surface area contributed by atoms with Crippen molar-refractivity contribution < 1.29 is 4.42 Å². The van der Waals surface area contributed by atoms with Crippen LogP contribution in [0.2, 0.25) is 0 Å². The minimum Gasteiger partial charge on any atom is -0.456 e. The topological polar surface area (TPSA) is 43.3 Å². The van der Waals surface area contributed by atoms with Crippen LogP contribution in [0.3, 0.4) is 0 Å². The van der Waals surface area contributed by atoms with Crippen LogP contribution in [0.1, 0.15) is 0 Å². The van der Waals surface area contributed by atoms with Crippen molar-refractivity contribution in [3.8, 4) is 0 Å². The van der Waals surface area contributed by atoms with Crippen LogP contribution in [0, 0.1) is 0 Å². The van der Waals surface area contributed by atoms with Crippen LogP contribution in [0.15, 0.2) is 71.7 Å². The summed E-state index contributed by atoms with van der Waals surface area (Å²) in [6.45, 7) is 0. The Morgan fingerprint density at radius 2 is 1.46 bits per heavy atom. The van der Waals surface area contributed by atoms with E-state index in [2.05, 4.69) is 44.7 Å². The molecule has 0 unspecified atom stereocenters. The Kier molecular flexibility index (Phi) is 2.00. The number of furan rings is 1. The summed E-state index contributed by atoms with van der Waals surface area (Å²) in [6.07, 6.45) is 7.58. The highest BCUT2D eigenvalue weighted by atomic mass is 16.3. The van der Waals surface area contributed by atoms with Crippen molar-refractivity contribution in [1.29, 1.82) is 0 Å². The van der Waals surface area contributed by atoms with E-state index < -0.39 is 0 Å². The summed E-state index contributed by atoms with van der Waals surface area (Å²) in [5, 5.41) is 7.14. The van der Waals surface area contributed by atoms with Gasteiger partial charge in [-0.25, -0.2) is 0 Å². The molecule has 120 valence electrons. The molecule has 7 aromatic rings. The normalized spacial score (nSPS) is 12.6. The number of pyridine rings is 2. The SMILES string of the molecule is c1ccc2c(c1)oc1cc3c4ccncc4n4c5cnccc5c(c12)c34. The summed E-state index contributed by atoms with van der Waals surface area (Å²) in [7, 11) is 0. The molecule has 0 aliphatic heterocycles. The maximum Gasteiger partial charge on any atom is 0.136 e. The lowest BCUT2D eigenvalue weighted by Crippen LogP contribution is -1.81. The Hall–Kier alpha value is -3.66. The second-order valence-corrected chi connectivity index (χ2v) is 6.74. The maximum atomic E-state index is 6.22. The molecule has 0 N–H and O–H groups in total. The molecule has 5 heterocycles. The first-order valence-corrected chi connectivity index (χ1v) is 8.59. The second-order valence-electron chi connectivity index (χ2n) is 6.74. The molecule has 0 radical (unpaired) electrons. The summed E-state index contributed by atoms with van der Waals surface area (Å²) in [5.74, 6) is 0. The maximum absolute atomic E-state index is 6.22. The quantitative estimate of drug-likeness (QED) is 0.367. The predicted molar refractivity (Wildman–Crippen MR) is 104 cm³/mol. The minimum absolute atomic E-state index is 0.923. The average molecular weight is 333 g/mol. The molecule has 0 amide bonds. The van der Waals surface area contributed by atoms with Gasteiger partial charge in [0.1, 0.15) is 11.2 Å². The molecule has 0 aliphatic rings. The minimum atomic E-state index is 0.923. The molecule has 0 atom stereocenters. The molecule has 0 bridgehead atoms. The molecular weight excluding hydrogens is 322 g/mol. The van der Waals surface area contributed by atoms with Crippen LogP contribution >= 0.6 is 0 Å². The Balaban J connectivity index is 1.98. The summed E-state index contributed by atoms with van der Waals surface area (Å²) < 4.78 is 8.51. The van der Waals surface area contributed by atoms with Crippen LogP contribution < -0.4 is 0 Å². The number of rotatable bonds is 0. The fraction of sp³-hybridized carbons (Fsp3) is 0. The van der Waals surface area contributed by atoms with Gasteiger partial charge >= 0.3 is 0 Å². The molecular formula is C22H11N3O. The van der Waals surface area contributed by atoms with Crippen molar-refractivity contribution in [2.45, 2.75) is 0 Å². The van der Waals surface area contributed by atoms with Gasteiger partial charge in [-0.1, -0.05) is 18.2 Å². The van der Waals surface area contributed by atoms with Gasteiger partial charge in [0.2, 0.25) is 0 Å². The van der Waals surface area contributed by atoms with Crippen molar-refractivity contribution >= 4 is 60.0 Å². The Morgan fingerprint density at radius 3 is 2.35 bits per heavy atom. The van der Waals surface area contributed by atoms with Crippen molar-refractivity contribution in [2.75, 3.05) is 0 Å². The first-order valence-electron chi connectivity index (χ1n) is 8.59. The number of para-hydroxylation sites is 1. The van der Waals surface area contributed by atoms with Gasteiger partial charge in [0.05, 0.1) is 28.9 Å². The first kappa shape index (κ1) is 12.7. The molecule has 0 spiro atoms. The van der Waals surface area contributed by atoms with E-state index in [1.54, 1.807) is 0 Å². The number of hydrogen-bond acceptors (Lipinski definition) is 3. The summed E-state index contributed by atoms with van der Waals surface area (Å²) >= 11 is 0. The lowest BCUT2D eigenvalue weighted by molar-refractivity contribution is 0.669. The standard InChI is InChI=1S/C22H11N3O/c1-2-4-18-14(3-1)20-19(26-18)9-15-12-5-7-23-10-16(12)25-17-11-24-8-6-13(17)21(20)22(15)25/h1-11H. The molecule has 4 nitrogen and oxygen atoms in total. The molecule has 4 heteroatoms. The molecule has 0 saturated carbocycles. The number of hydrogen-bond donors (Lipinski definition) is 0. The highest BCUT2D eigenvalue weighted by Gasteiger charge is 2.22. The van der Waals surface area contributed by atoms with E-state index in [-0.39, 0.29) is 0 Å². The number of fused-ring (bicyclic) bond motifs is 10. The smallest absolute Gasteiger partial charge is 0.136 e. The zero-order valence-corrected chi connectivity index (χ0v) is 13.6. The third kappa shape index (κ3) is 1.27. The van der Waals surface area contributed by atoms with Gasteiger partial charge in [-0.15, -0.1) is 0 Å². The largest absolute Gasteiger partial charge is 0.456 e. The highest BCUT2D eigenvalue weighted by Crippen LogP contribution is 2.45. The van der Waals surface area contributed by atoms with Gasteiger partial charge in [-0.05, 0) is 24.3 Å². The van der Waals surface area contributed by atoms with E-state index in [1.807, 2.05) is 36.9 Å². The lowest BCUT2D eigenvalue weighted by Gasteiger charge is -1.97. The Bertz CT molecular complexity index is 1630. The van der Waals surface area contributed by atoms with Gasteiger partial charge in [0, 0.05) is 44.7 Å². The van der Waals surface area contributed by atoms with Crippen molar-refractivity contribution in [2.24, 2.45) is 0 Å². The van der Waals surface area contributed by atoms with Crippen molar-refractivity contribution in [3.63, 3.8) is 0 Å². The monoisotopic (exact) mass is 333 g/mol. The summed E-state index contributed by atoms with van der Waals surface area (Å²) in [4.78, 5) is 8.73. The zero-order chi connectivity index (χ0) is 16.8. The second kappa shape index (κ2) is 4.11. The highest BCUT2D eigenvalue weighted by molar-refractivity contribution is 6.34. The van der Waals surface area contributed by atoms with E-state index in [9.17, 15) is 0 Å². The van der Waals surface area contributed by atoms with Crippen molar-refractivity contribution in [1.82, 2.24) is 14.4 Å². The molecule has 2 aromatic carbocycles. The van der Waals surface area contributed by atoms with E-state index in [1.165, 1.54) is 32.4 Å². The van der Waals surface area contributed by atoms with Crippen LogP contribution in [0.25, 0.3) is 60.0 Å². The van der Waals surface area contributed by atoms with Gasteiger partial charge in [0.15, 0.2) is 0 Å². The predicted octanol–water partition coefficient (Wildman–Crippen LogP) is 5.53. The molecule has 0 saturated heterocycles.